The van der Waals surface area contributed by atoms with Crippen molar-refractivity contribution in [2.75, 3.05) is 5.73 Å². The minimum atomic E-state index is 0.395. The van der Waals surface area contributed by atoms with Crippen LogP contribution in [0.2, 0.25) is 0 Å². The molecule has 0 spiro atoms. The zero-order chi connectivity index (χ0) is 13.9. The summed E-state index contributed by atoms with van der Waals surface area (Å²) in [6.45, 7) is 2.17. The molecule has 0 saturated carbocycles. The van der Waals surface area contributed by atoms with E-state index in [-0.39, 0.29) is 0 Å². The largest absolute Gasteiger partial charge is 0.382 e. The Kier molecular flexibility index (Phi) is 3.33. The van der Waals surface area contributed by atoms with Crippen LogP contribution in [0.25, 0.3) is 11.2 Å². The molecule has 0 saturated heterocycles. The van der Waals surface area contributed by atoms with Gasteiger partial charge in [0.15, 0.2) is 11.5 Å². The molecule has 1 unspecified atom stereocenters. The monoisotopic (exact) mass is 267 g/mol. The number of H-pyrrole nitrogens is 1. The topological polar surface area (TPSA) is 80.5 Å². The summed E-state index contributed by atoms with van der Waals surface area (Å²) in [4.78, 5) is 16.0. The van der Waals surface area contributed by atoms with E-state index in [1.807, 2.05) is 6.07 Å². The molecule has 20 heavy (non-hydrogen) atoms. The van der Waals surface area contributed by atoms with Gasteiger partial charge in [-0.3, -0.25) is 0 Å². The van der Waals surface area contributed by atoms with Crippen LogP contribution in [0.15, 0.2) is 36.7 Å². The van der Waals surface area contributed by atoms with E-state index in [0.29, 0.717) is 22.9 Å². The number of hydrogen-bond acceptors (Lipinski definition) is 4. The van der Waals surface area contributed by atoms with Crippen molar-refractivity contribution in [2.45, 2.75) is 25.7 Å². The van der Waals surface area contributed by atoms with Crippen molar-refractivity contribution in [1.82, 2.24) is 19.9 Å². The lowest BCUT2D eigenvalue weighted by molar-refractivity contribution is 0.638. The third-order valence-electron chi connectivity index (χ3n) is 3.55. The highest BCUT2D eigenvalue weighted by Crippen LogP contribution is 2.24. The molecule has 0 aliphatic rings. The SMILES string of the molecule is CCC(Cc1nc(N)c2[nH]cnc2n1)c1ccccc1. The van der Waals surface area contributed by atoms with Crippen LogP contribution in [0, 0.1) is 0 Å². The maximum absolute atomic E-state index is 5.93. The fourth-order valence-corrected chi connectivity index (χ4v) is 2.44. The summed E-state index contributed by atoms with van der Waals surface area (Å²) >= 11 is 0. The molecule has 2 aromatic heterocycles. The van der Waals surface area contributed by atoms with Crippen LogP contribution in [0.5, 0.6) is 0 Å². The normalized spacial score (nSPS) is 12.7. The van der Waals surface area contributed by atoms with Gasteiger partial charge in [0, 0.05) is 6.42 Å². The predicted octanol–water partition coefficient (Wildman–Crippen LogP) is 2.67. The Labute approximate surface area is 117 Å². The number of nitrogens with one attached hydrogen (secondary N) is 1. The van der Waals surface area contributed by atoms with Crippen molar-refractivity contribution in [3.63, 3.8) is 0 Å². The highest BCUT2D eigenvalue weighted by atomic mass is 15.0. The van der Waals surface area contributed by atoms with Crippen LogP contribution in [0.3, 0.4) is 0 Å². The van der Waals surface area contributed by atoms with Gasteiger partial charge < -0.3 is 10.7 Å². The minimum absolute atomic E-state index is 0.395. The van der Waals surface area contributed by atoms with Crippen LogP contribution >= 0.6 is 0 Å². The first-order chi connectivity index (χ1) is 9.78. The molecule has 2 heterocycles. The highest BCUT2D eigenvalue weighted by molar-refractivity contribution is 5.80. The van der Waals surface area contributed by atoms with E-state index in [1.165, 1.54) is 5.56 Å². The molecular weight excluding hydrogens is 250 g/mol. The van der Waals surface area contributed by atoms with Gasteiger partial charge in [0.25, 0.3) is 0 Å². The van der Waals surface area contributed by atoms with Gasteiger partial charge in [-0.05, 0) is 17.9 Å². The molecule has 5 nitrogen and oxygen atoms in total. The molecule has 3 aromatic rings. The molecule has 102 valence electrons. The van der Waals surface area contributed by atoms with Gasteiger partial charge in [-0.2, -0.15) is 0 Å². The lowest BCUT2D eigenvalue weighted by atomic mass is 9.93. The van der Waals surface area contributed by atoms with Crippen LogP contribution in [0.4, 0.5) is 5.82 Å². The Bertz CT molecular complexity index is 705. The molecule has 0 radical (unpaired) electrons. The standard InChI is InChI=1S/C15H17N5/c1-2-10(11-6-4-3-5-7-11)8-12-19-14(16)13-15(20-12)18-9-17-13/h3-7,9-10H,2,8H2,1H3,(H3,16,17,18,19,20). The number of hydrogen-bond donors (Lipinski definition) is 2. The van der Waals surface area contributed by atoms with E-state index in [9.17, 15) is 0 Å². The van der Waals surface area contributed by atoms with E-state index in [1.54, 1.807) is 6.33 Å². The molecule has 1 atom stereocenters. The summed E-state index contributed by atoms with van der Waals surface area (Å²) in [5.74, 6) is 1.61. The van der Waals surface area contributed by atoms with E-state index >= 15 is 0 Å². The molecule has 3 N–H and O–H groups in total. The maximum Gasteiger partial charge on any atom is 0.183 e. The first-order valence-corrected chi connectivity index (χ1v) is 6.78. The number of rotatable bonds is 4. The van der Waals surface area contributed by atoms with E-state index in [0.717, 1.165) is 18.7 Å². The van der Waals surface area contributed by atoms with Crippen LogP contribution in [-0.4, -0.2) is 19.9 Å². The quantitative estimate of drug-likeness (QED) is 0.761. The lowest BCUT2D eigenvalue weighted by Gasteiger charge is -2.14. The van der Waals surface area contributed by atoms with Crippen molar-refractivity contribution in [3.05, 3.63) is 48.0 Å². The highest BCUT2D eigenvalue weighted by Gasteiger charge is 2.14. The fourth-order valence-electron chi connectivity index (χ4n) is 2.44. The number of anilines is 1. The number of nitrogens with zero attached hydrogens (tertiary/aromatic N) is 3. The summed E-state index contributed by atoms with van der Waals surface area (Å²) in [5, 5.41) is 0. The second kappa shape index (κ2) is 5.28. The molecular formula is C15H17N5. The van der Waals surface area contributed by atoms with Crippen LogP contribution < -0.4 is 5.73 Å². The zero-order valence-electron chi connectivity index (χ0n) is 11.4. The van der Waals surface area contributed by atoms with E-state index in [4.69, 9.17) is 5.73 Å². The zero-order valence-corrected chi connectivity index (χ0v) is 11.4. The Morgan fingerprint density at radius 3 is 2.75 bits per heavy atom. The van der Waals surface area contributed by atoms with Crippen molar-refractivity contribution < 1.29 is 0 Å². The molecule has 1 aromatic carbocycles. The summed E-state index contributed by atoms with van der Waals surface area (Å²) in [7, 11) is 0. The number of aromatic amines is 1. The maximum atomic E-state index is 5.93. The van der Waals surface area contributed by atoms with Gasteiger partial charge in [0.1, 0.15) is 11.3 Å². The Morgan fingerprint density at radius 1 is 1.20 bits per heavy atom. The number of imidazole rings is 1. The van der Waals surface area contributed by atoms with Gasteiger partial charge in [-0.25, -0.2) is 15.0 Å². The average molecular weight is 267 g/mol. The van der Waals surface area contributed by atoms with Gasteiger partial charge in [-0.15, -0.1) is 0 Å². The van der Waals surface area contributed by atoms with Gasteiger partial charge in [0.05, 0.1) is 6.33 Å². The van der Waals surface area contributed by atoms with Crippen molar-refractivity contribution in [3.8, 4) is 0 Å². The number of nitrogen functional groups attached to an aromatic ring is 1. The number of aromatic nitrogens is 4. The van der Waals surface area contributed by atoms with Crippen molar-refractivity contribution in [2.24, 2.45) is 0 Å². The van der Waals surface area contributed by atoms with Crippen molar-refractivity contribution >= 4 is 17.0 Å². The van der Waals surface area contributed by atoms with Crippen LogP contribution in [0.1, 0.15) is 30.7 Å². The summed E-state index contributed by atoms with van der Waals surface area (Å²) < 4.78 is 0. The molecule has 0 bridgehead atoms. The Morgan fingerprint density at radius 2 is 2.00 bits per heavy atom. The Hall–Kier alpha value is -2.43. The van der Waals surface area contributed by atoms with E-state index in [2.05, 4.69) is 51.1 Å². The predicted molar refractivity (Wildman–Crippen MR) is 79.3 cm³/mol. The van der Waals surface area contributed by atoms with E-state index < -0.39 is 0 Å². The first-order valence-electron chi connectivity index (χ1n) is 6.78. The third kappa shape index (κ3) is 2.34. The van der Waals surface area contributed by atoms with Crippen LogP contribution in [-0.2, 0) is 6.42 Å². The first kappa shape index (κ1) is 12.6. The van der Waals surface area contributed by atoms with Gasteiger partial charge in [-0.1, -0.05) is 37.3 Å². The molecule has 5 heteroatoms. The molecule has 0 aliphatic carbocycles. The fraction of sp³-hybridized carbons (Fsp3) is 0.267. The summed E-state index contributed by atoms with van der Waals surface area (Å²) in [6, 6.07) is 10.4. The van der Waals surface area contributed by atoms with Gasteiger partial charge in [0.2, 0.25) is 0 Å². The summed E-state index contributed by atoms with van der Waals surface area (Å²) in [5.41, 5.74) is 8.58. The third-order valence-corrected chi connectivity index (χ3v) is 3.55. The van der Waals surface area contributed by atoms with Crippen molar-refractivity contribution in [1.29, 1.82) is 0 Å². The average Bonchev–Trinajstić information content (AvgIpc) is 2.94. The molecule has 3 rings (SSSR count). The number of fused-ring (bicyclic) bond motifs is 1. The minimum Gasteiger partial charge on any atom is -0.382 e. The smallest absolute Gasteiger partial charge is 0.183 e. The second-order valence-electron chi connectivity index (χ2n) is 4.85. The Balaban J connectivity index is 1.91. The molecule has 0 amide bonds. The number of benzene rings is 1. The second-order valence-corrected chi connectivity index (χ2v) is 4.85. The van der Waals surface area contributed by atoms with Gasteiger partial charge >= 0.3 is 0 Å². The number of nitrogens with two attached hydrogens (primary N) is 1. The summed E-state index contributed by atoms with van der Waals surface area (Å²) in [6.07, 6.45) is 3.40. The molecule has 0 fully saturated rings. The molecule has 0 aliphatic heterocycles. The lowest BCUT2D eigenvalue weighted by Crippen LogP contribution is -2.07.